The first-order valence-electron chi connectivity index (χ1n) is 12.7. The number of benzene rings is 2. The highest BCUT2D eigenvalue weighted by molar-refractivity contribution is 7.15. The number of thiazole rings is 1. The molecule has 0 spiro atoms. The minimum atomic E-state index is -4.55. The number of nitrogens with one attached hydrogen (secondary N) is 2. The molecule has 210 valence electrons. The summed E-state index contributed by atoms with van der Waals surface area (Å²) in [7, 11) is 0. The number of amides is 3. The van der Waals surface area contributed by atoms with Crippen LogP contribution < -0.4 is 16.4 Å². The molecule has 0 aliphatic heterocycles. The molecule has 0 radical (unpaired) electrons. The van der Waals surface area contributed by atoms with Gasteiger partial charge in [-0.15, -0.1) is 11.3 Å². The number of rotatable bonds is 6. The molecule has 0 saturated heterocycles. The van der Waals surface area contributed by atoms with Crippen LogP contribution in [0, 0.1) is 0 Å². The second-order valence-electron chi connectivity index (χ2n) is 9.43. The molecule has 1 heterocycles. The number of alkyl halides is 3. The van der Waals surface area contributed by atoms with Crippen molar-refractivity contribution in [1.29, 1.82) is 0 Å². The largest absolute Gasteiger partial charge is 0.447 e. The van der Waals surface area contributed by atoms with E-state index in [0.29, 0.717) is 10.8 Å². The lowest BCUT2D eigenvalue weighted by molar-refractivity contribution is -0.137. The molecule has 4 rings (SSSR count). The maximum atomic E-state index is 13.8. The molecule has 1 fully saturated rings. The summed E-state index contributed by atoms with van der Waals surface area (Å²) in [5, 5.41) is 6.06. The van der Waals surface area contributed by atoms with Crippen molar-refractivity contribution in [1.82, 2.24) is 10.3 Å². The standard InChI is InChI=1S/C24H24F3N3OS.C4H9NO2/c25-24(26,27)20-13-18(30-23(31)29-14-16-7-3-1-4-8-16)11-12-19(20)21-15-28-22(32-21)17-9-5-2-6-10-17;1-3(2)7-4(5)6/h1,3-4,7-8,11-13,15,17H,2,5-6,9-10,14H2,(H2,29,30,31);3H,1-2H3,(H2,5,6). The number of hydrogen-bond acceptors (Lipinski definition) is 5. The van der Waals surface area contributed by atoms with E-state index in [2.05, 4.69) is 26.1 Å². The lowest BCUT2D eigenvalue weighted by Crippen LogP contribution is -2.28. The van der Waals surface area contributed by atoms with Crippen LogP contribution in [0.25, 0.3) is 10.4 Å². The highest BCUT2D eigenvalue weighted by atomic mass is 32.1. The third kappa shape index (κ3) is 9.58. The topological polar surface area (TPSA) is 106 Å². The van der Waals surface area contributed by atoms with Gasteiger partial charge in [-0.1, -0.05) is 55.7 Å². The average Bonchev–Trinajstić information content (AvgIpc) is 3.38. The Balaban J connectivity index is 0.000000532. The lowest BCUT2D eigenvalue weighted by atomic mass is 9.90. The minimum absolute atomic E-state index is 0.0867. The first-order chi connectivity index (χ1) is 18.5. The number of hydrogen-bond donors (Lipinski definition) is 3. The Kier molecular flexibility index (Phi) is 10.7. The zero-order chi connectivity index (χ0) is 28.4. The van der Waals surface area contributed by atoms with E-state index in [1.54, 1.807) is 20.0 Å². The van der Waals surface area contributed by atoms with Gasteiger partial charge in [-0.05, 0) is 44.4 Å². The molecule has 4 N–H and O–H groups in total. The molecule has 0 bridgehead atoms. The molecule has 2 aromatic carbocycles. The fraction of sp³-hybridized carbons (Fsp3) is 0.393. The number of primary amides is 1. The quantitative estimate of drug-likeness (QED) is 0.286. The molecular formula is C28H33F3N4O3S. The van der Waals surface area contributed by atoms with Gasteiger partial charge in [0.2, 0.25) is 0 Å². The number of ether oxygens (including phenoxy) is 1. The van der Waals surface area contributed by atoms with Crippen LogP contribution in [0.4, 0.5) is 28.4 Å². The third-order valence-corrected chi connectivity index (χ3v) is 7.17. The zero-order valence-electron chi connectivity index (χ0n) is 21.9. The number of carbonyl (C=O) groups excluding carboxylic acids is 2. The summed E-state index contributed by atoms with van der Waals surface area (Å²) in [6.07, 6.45) is 1.74. The van der Waals surface area contributed by atoms with Crippen LogP contribution in [-0.2, 0) is 17.5 Å². The smallest absolute Gasteiger partial charge is 0.417 e. The number of nitrogens with two attached hydrogens (primary N) is 1. The maximum Gasteiger partial charge on any atom is 0.417 e. The zero-order valence-corrected chi connectivity index (χ0v) is 22.7. The summed E-state index contributed by atoms with van der Waals surface area (Å²) in [5.74, 6) is 0.339. The molecule has 0 atom stereocenters. The average molecular weight is 563 g/mol. The summed E-state index contributed by atoms with van der Waals surface area (Å²) < 4.78 is 45.9. The van der Waals surface area contributed by atoms with Crippen LogP contribution in [0.5, 0.6) is 0 Å². The van der Waals surface area contributed by atoms with Gasteiger partial charge >= 0.3 is 18.3 Å². The SMILES string of the molecule is CC(C)OC(N)=O.O=C(NCc1ccccc1)Nc1ccc(-c2cnc(C3CCCCC3)s2)c(C(F)(F)F)c1. The summed E-state index contributed by atoms with van der Waals surface area (Å²) in [4.78, 5) is 26.9. The fourth-order valence-electron chi connectivity index (χ4n) is 4.21. The molecule has 1 aromatic heterocycles. The van der Waals surface area contributed by atoms with E-state index >= 15 is 0 Å². The van der Waals surface area contributed by atoms with Crippen molar-refractivity contribution >= 4 is 29.1 Å². The van der Waals surface area contributed by atoms with Crippen molar-refractivity contribution in [3.63, 3.8) is 0 Å². The molecular weight excluding hydrogens is 529 g/mol. The van der Waals surface area contributed by atoms with Crippen molar-refractivity contribution in [2.45, 2.75) is 70.7 Å². The normalized spacial score (nSPS) is 13.8. The third-order valence-electron chi connectivity index (χ3n) is 5.97. The van der Waals surface area contributed by atoms with E-state index in [1.165, 1.54) is 29.9 Å². The molecule has 7 nitrogen and oxygen atoms in total. The number of halogens is 3. The minimum Gasteiger partial charge on any atom is -0.447 e. The van der Waals surface area contributed by atoms with Gasteiger partial charge in [-0.25, -0.2) is 14.6 Å². The van der Waals surface area contributed by atoms with Crippen molar-refractivity contribution in [3.8, 4) is 10.4 Å². The Morgan fingerprint density at radius 3 is 2.38 bits per heavy atom. The van der Waals surface area contributed by atoms with Crippen LogP contribution in [-0.4, -0.2) is 23.2 Å². The molecule has 1 aliphatic carbocycles. The summed E-state index contributed by atoms with van der Waals surface area (Å²) in [5.41, 5.74) is 4.92. The van der Waals surface area contributed by atoms with Crippen LogP contribution in [0.15, 0.2) is 54.7 Å². The van der Waals surface area contributed by atoms with E-state index in [0.717, 1.165) is 42.3 Å². The molecule has 0 unspecified atom stereocenters. The molecule has 3 aromatic rings. The Bertz CT molecular complexity index is 1230. The van der Waals surface area contributed by atoms with Crippen LogP contribution in [0.1, 0.15) is 68.0 Å². The second kappa shape index (κ2) is 14.0. The van der Waals surface area contributed by atoms with Gasteiger partial charge in [0.15, 0.2) is 0 Å². The fourth-order valence-corrected chi connectivity index (χ4v) is 5.33. The van der Waals surface area contributed by atoms with Gasteiger partial charge in [0.05, 0.1) is 21.6 Å². The Morgan fingerprint density at radius 2 is 1.79 bits per heavy atom. The maximum absolute atomic E-state index is 13.8. The summed E-state index contributed by atoms with van der Waals surface area (Å²) in [6, 6.07) is 12.6. The number of anilines is 1. The highest BCUT2D eigenvalue weighted by Gasteiger charge is 2.35. The molecule has 1 saturated carbocycles. The van der Waals surface area contributed by atoms with Crippen molar-refractivity contribution in [3.05, 3.63) is 70.9 Å². The molecule has 1 aliphatic rings. The summed E-state index contributed by atoms with van der Waals surface area (Å²) in [6.45, 7) is 3.76. The molecule has 39 heavy (non-hydrogen) atoms. The Hall–Kier alpha value is -3.60. The van der Waals surface area contributed by atoms with Gasteiger partial charge in [-0.2, -0.15) is 13.2 Å². The van der Waals surface area contributed by atoms with Gasteiger partial charge in [0, 0.05) is 29.9 Å². The van der Waals surface area contributed by atoms with Gasteiger partial charge in [-0.3, -0.25) is 0 Å². The number of nitrogens with zero attached hydrogens (tertiary/aromatic N) is 1. The van der Waals surface area contributed by atoms with E-state index in [9.17, 15) is 22.8 Å². The van der Waals surface area contributed by atoms with Crippen LogP contribution in [0.2, 0.25) is 0 Å². The lowest BCUT2D eigenvalue weighted by Gasteiger charge is -2.19. The van der Waals surface area contributed by atoms with Crippen molar-refractivity contribution in [2.24, 2.45) is 5.73 Å². The molecule has 3 amide bonds. The van der Waals surface area contributed by atoms with Gasteiger partial charge in [0.25, 0.3) is 0 Å². The Morgan fingerprint density at radius 1 is 1.10 bits per heavy atom. The van der Waals surface area contributed by atoms with Crippen molar-refractivity contribution in [2.75, 3.05) is 5.32 Å². The van der Waals surface area contributed by atoms with E-state index in [-0.39, 0.29) is 23.9 Å². The Labute approximate surface area is 230 Å². The number of carbonyl (C=O) groups is 2. The predicted octanol–water partition coefficient (Wildman–Crippen LogP) is 7.69. The predicted molar refractivity (Wildman–Crippen MR) is 146 cm³/mol. The number of aromatic nitrogens is 1. The first kappa shape index (κ1) is 29.9. The first-order valence-corrected chi connectivity index (χ1v) is 13.6. The van der Waals surface area contributed by atoms with E-state index in [1.807, 2.05) is 30.3 Å². The van der Waals surface area contributed by atoms with Gasteiger partial charge < -0.3 is 21.1 Å². The van der Waals surface area contributed by atoms with Crippen molar-refractivity contribution < 1.29 is 27.5 Å². The molecule has 11 heteroatoms. The van der Waals surface area contributed by atoms with Crippen LogP contribution in [0.3, 0.4) is 0 Å². The van der Waals surface area contributed by atoms with E-state index < -0.39 is 23.9 Å². The van der Waals surface area contributed by atoms with Gasteiger partial charge in [0.1, 0.15) is 0 Å². The van der Waals surface area contributed by atoms with Crippen LogP contribution >= 0.6 is 11.3 Å². The monoisotopic (exact) mass is 562 g/mol. The number of urea groups is 1. The second-order valence-corrected chi connectivity index (χ2v) is 10.5. The highest BCUT2D eigenvalue weighted by Crippen LogP contribution is 2.42. The van der Waals surface area contributed by atoms with E-state index in [4.69, 9.17) is 0 Å². The summed E-state index contributed by atoms with van der Waals surface area (Å²) >= 11 is 1.34.